The molecule has 0 amide bonds. The van der Waals surface area contributed by atoms with Crippen molar-refractivity contribution in [3.63, 3.8) is 0 Å². The standard InChI is InChI=1S/C19H24O2S/c1-15(22-14-17-7-5-4-6-8-17)9-10-16-11-12-18(20-2)19(13-16)21-3/h4-8,11-13,15H,9-10,14H2,1-3H3. The first-order valence-corrected chi connectivity index (χ1v) is 8.64. The molecule has 0 aliphatic heterocycles. The summed E-state index contributed by atoms with van der Waals surface area (Å²) in [6.07, 6.45) is 2.22. The number of thioether (sulfide) groups is 1. The van der Waals surface area contributed by atoms with E-state index in [-0.39, 0.29) is 0 Å². The fourth-order valence-electron chi connectivity index (χ4n) is 2.30. The van der Waals surface area contributed by atoms with Gasteiger partial charge in [0, 0.05) is 11.0 Å². The second kappa shape index (κ2) is 8.74. The van der Waals surface area contributed by atoms with Gasteiger partial charge in [-0.05, 0) is 36.1 Å². The van der Waals surface area contributed by atoms with Gasteiger partial charge in [-0.2, -0.15) is 11.8 Å². The molecular weight excluding hydrogens is 292 g/mol. The van der Waals surface area contributed by atoms with Gasteiger partial charge < -0.3 is 9.47 Å². The van der Waals surface area contributed by atoms with Crippen molar-refractivity contribution in [1.82, 2.24) is 0 Å². The molecule has 2 aromatic rings. The van der Waals surface area contributed by atoms with Gasteiger partial charge in [0.05, 0.1) is 14.2 Å². The quantitative estimate of drug-likeness (QED) is 0.686. The molecule has 0 N–H and O–H groups in total. The first-order chi connectivity index (χ1) is 10.7. The van der Waals surface area contributed by atoms with Crippen molar-refractivity contribution in [2.24, 2.45) is 0 Å². The van der Waals surface area contributed by atoms with E-state index in [2.05, 4.69) is 49.4 Å². The van der Waals surface area contributed by atoms with E-state index in [1.807, 2.05) is 17.8 Å². The Morgan fingerprint density at radius 1 is 0.909 bits per heavy atom. The second-order valence-electron chi connectivity index (χ2n) is 5.34. The molecule has 2 aromatic carbocycles. The van der Waals surface area contributed by atoms with Crippen LogP contribution < -0.4 is 9.47 Å². The molecule has 0 heterocycles. The van der Waals surface area contributed by atoms with E-state index in [4.69, 9.17) is 9.47 Å². The minimum atomic E-state index is 0.633. The van der Waals surface area contributed by atoms with Crippen LogP contribution in [0.5, 0.6) is 11.5 Å². The van der Waals surface area contributed by atoms with Crippen molar-refractivity contribution in [3.05, 3.63) is 59.7 Å². The molecule has 0 bridgehead atoms. The topological polar surface area (TPSA) is 18.5 Å². The largest absolute Gasteiger partial charge is 0.493 e. The summed E-state index contributed by atoms with van der Waals surface area (Å²) >= 11 is 2.01. The number of benzene rings is 2. The number of ether oxygens (including phenoxy) is 2. The summed E-state index contributed by atoms with van der Waals surface area (Å²) < 4.78 is 10.6. The van der Waals surface area contributed by atoms with Gasteiger partial charge >= 0.3 is 0 Å². The average Bonchev–Trinajstić information content (AvgIpc) is 2.58. The highest BCUT2D eigenvalue weighted by atomic mass is 32.2. The Bertz CT molecular complexity index is 569. The highest BCUT2D eigenvalue weighted by Gasteiger charge is 2.07. The predicted molar refractivity (Wildman–Crippen MR) is 95.1 cm³/mol. The van der Waals surface area contributed by atoms with Crippen LogP contribution in [0.25, 0.3) is 0 Å². The van der Waals surface area contributed by atoms with Gasteiger partial charge in [0.15, 0.2) is 11.5 Å². The Labute approximate surface area is 137 Å². The van der Waals surface area contributed by atoms with Gasteiger partial charge in [0.25, 0.3) is 0 Å². The smallest absolute Gasteiger partial charge is 0.160 e. The summed E-state index contributed by atoms with van der Waals surface area (Å²) in [5.74, 6) is 2.68. The summed E-state index contributed by atoms with van der Waals surface area (Å²) in [5.41, 5.74) is 2.69. The van der Waals surface area contributed by atoms with Crippen molar-refractivity contribution in [3.8, 4) is 11.5 Å². The van der Waals surface area contributed by atoms with Crippen LogP contribution in [0.4, 0.5) is 0 Å². The summed E-state index contributed by atoms with van der Waals surface area (Å²) in [6.45, 7) is 2.30. The van der Waals surface area contributed by atoms with Crippen LogP contribution in [0.2, 0.25) is 0 Å². The number of methoxy groups -OCH3 is 2. The summed E-state index contributed by atoms with van der Waals surface area (Å²) in [5, 5.41) is 0.633. The SMILES string of the molecule is COc1ccc(CCC(C)SCc2ccccc2)cc1OC. The molecule has 0 spiro atoms. The summed E-state index contributed by atoms with van der Waals surface area (Å²) in [6, 6.07) is 16.8. The average molecular weight is 316 g/mol. The minimum Gasteiger partial charge on any atom is -0.493 e. The van der Waals surface area contributed by atoms with Crippen LogP contribution in [0.3, 0.4) is 0 Å². The van der Waals surface area contributed by atoms with Crippen LogP contribution in [-0.2, 0) is 12.2 Å². The molecule has 0 saturated carbocycles. The third-order valence-electron chi connectivity index (χ3n) is 3.66. The van der Waals surface area contributed by atoms with Crippen LogP contribution in [-0.4, -0.2) is 19.5 Å². The van der Waals surface area contributed by atoms with E-state index in [0.717, 1.165) is 30.1 Å². The Hall–Kier alpha value is -1.61. The molecule has 2 nitrogen and oxygen atoms in total. The van der Waals surface area contributed by atoms with Gasteiger partial charge in [0.1, 0.15) is 0 Å². The zero-order chi connectivity index (χ0) is 15.8. The molecule has 0 saturated heterocycles. The van der Waals surface area contributed by atoms with Gasteiger partial charge in [0.2, 0.25) is 0 Å². The maximum absolute atomic E-state index is 5.36. The van der Waals surface area contributed by atoms with Gasteiger partial charge in [-0.15, -0.1) is 0 Å². The zero-order valence-corrected chi connectivity index (χ0v) is 14.4. The number of rotatable bonds is 8. The number of hydrogen-bond donors (Lipinski definition) is 0. The first-order valence-electron chi connectivity index (χ1n) is 7.59. The lowest BCUT2D eigenvalue weighted by atomic mass is 10.1. The Morgan fingerprint density at radius 2 is 1.64 bits per heavy atom. The molecule has 0 fully saturated rings. The van der Waals surface area contributed by atoms with E-state index in [1.165, 1.54) is 11.1 Å². The van der Waals surface area contributed by atoms with Gasteiger partial charge in [-0.1, -0.05) is 43.3 Å². The Morgan fingerprint density at radius 3 is 2.32 bits per heavy atom. The predicted octanol–water partition coefficient (Wildman–Crippen LogP) is 4.96. The van der Waals surface area contributed by atoms with E-state index in [1.54, 1.807) is 14.2 Å². The molecular formula is C19H24O2S. The molecule has 0 aliphatic carbocycles. The number of hydrogen-bond acceptors (Lipinski definition) is 3. The lowest BCUT2D eigenvalue weighted by Crippen LogP contribution is -2.00. The lowest BCUT2D eigenvalue weighted by Gasteiger charge is -2.13. The second-order valence-corrected chi connectivity index (χ2v) is 6.76. The first kappa shape index (κ1) is 16.8. The van der Waals surface area contributed by atoms with Crippen molar-refractivity contribution >= 4 is 11.8 Å². The Kier molecular flexibility index (Phi) is 6.66. The van der Waals surface area contributed by atoms with Crippen LogP contribution in [0.15, 0.2) is 48.5 Å². The van der Waals surface area contributed by atoms with Crippen LogP contribution in [0.1, 0.15) is 24.5 Å². The van der Waals surface area contributed by atoms with E-state index < -0.39 is 0 Å². The van der Waals surface area contributed by atoms with Crippen molar-refractivity contribution in [2.45, 2.75) is 30.8 Å². The van der Waals surface area contributed by atoms with E-state index >= 15 is 0 Å². The zero-order valence-electron chi connectivity index (χ0n) is 13.5. The molecule has 2 rings (SSSR count). The van der Waals surface area contributed by atoms with Crippen molar-refractivity contribution in [1.29, 1.82) is 0 Å². The van der Waals surface area contributed by atoms with E-state index in [9.17, 15) is 0 Å². The maximum Gasteiger partial charge on any atom is 0.160 e. The van der Waals surface area contributed by atoms with Crippen LogP contribution >= 0.6 is 11.8 Å². The summed E-state index contributed by atoms with van der Waals surface area (Å²) in [4.78, 5) is 0. The van der Waals surface area contributed by atoms with Crippen molar-refractivity contribution in [2.75, 3.05) is 14.2 Å². The number of aryl methyl sites for hydroxylation is 1. The van der Waals surface area contributed by atoms with Gasteiger partial charge in [-0.3, -0.25) is 0 Å². The third-order valence-corrected chi connectivity index (χ3v) is 4.97. The van der Waals surface area contributed by atoms with Crippen LogP contribution in [0, 0.1) is 0 Å². The lowest BCUT2D eigenvalue weighted by molar-refractivity contribution is 0.354. The highest BCUT2D eigenvalue weighted by molar-refractivity contribution is 7.99. The maximum atomic E-state index is 5.36. The van der Waals surface area contributed by atoms with Crippen molar-refractivity contribution < 1.29 is 9.47 Å². The molecule has 1 atom stereocenters. The molecule has 0 radical (unpaired) electrons. The molecule has 1 unspecified atom stereocenters. The third kappa shape index (κ3) is 4.99. The molecule has 0 aliphatic rings. The normalized spacial score (nSPS) is 12.0. The summed E-state index contributed by atoms with van der Waals surface area (Å²) in [7, 11) is 3.35. The van der Waals surface area contributed by atoms with E-state index in [0.29, 0.717) is 5.25 Å². The monoisotopic (exact) mass is 316 g/mol. The fourth-order valence-corrected chi connectivity index (χ4v) is 3.26. The molecule has 0 aromatic heterocycles. The van der Waals surface area contributed by atoms with Gasteiger partial charge in [-0.25, -0.2) is 0 Å². The fraction of sp³-hybridized carbons (Fsp3) is 0.368. The molecule has 3 heteroatoms. The minimum absolute atomic E-state index is 0.633. The highest BCUT2D eigenvalue weighted by Crippen LogP contribution is 2.29. The molecule has 118 valence electrons. The Balaban J connectivity index is 1.82. The molecule has 22 heavy (non-hydrogen) atoms.